The van der Waals surface area contributed by atoms with Gasteiger partial charge >= 0.3 is 0 Å². The number of benzene rings is 2. The van der Waals surface area contributed by atoms with Crippen LogP contribution in [0.5, 0.6) is 11.5 Å². The summed E-state index contributed by atoms with van der Waals surface area (Å²) in [4.78, 5) is 40.4. The van der Waals surface area contributed by atoms with E-state index in [0.717, 1.165) is 5.56 Å². The van der Waals surface area contributed by atoms with E-state index in [0.29, 0.717) is 53.7 Å². The molecule has 0 unspecified atom stereocenters. The van der Waals surface area contributed by atoms with Crippen molar-refractivity contribution < 1.29 is 23.9 Å². The molecule has 170 valence electrons. The quantitative estimate of drug-likeness (QED) is 0.533. The van der Waals surface area contributed by atoms with Crippen LogP contribution in [0.4, 0.5) is 5.69 Å². The first kappa shape index (κ1) is 23.6. The number of hydrogen-bond acceptors (Lipinski definition) is 5. The van der Waals surface area contributed by atoms with Crippen molar-refractivity contribution in [2.45, 2.75) is 26.7 Å². The van der Waals surface area contributed by atoms with Gasteiger partial charge in [-0.05, 0) is 62.2 Å². The van der Waals surface area contributed by atoms with E-state index in [1.54, 1.807) is 53.2 Å². The van der Waals surface area contributed by atoms with Crippen LogP contribution in [0, 0.1) is 6.92 Å². The second kappa shape index (κ2) is 10.5. The lowest BCUT2D eigenvalue weighted by atomic mass is 10.1. The second-order valence-electron chi connectivity index (χ2n) is 7.65. The van der Waals surface area contributed by atoms with Gasteiger partial charge in [-0.2, -0.15) is 0 Å². The highest BCUT2D eigenvalue weighted by Gasteiger charge is 2.26. The predicted molar refractivity (Wildman–Crippen MR) is 123 cm³/mol. The van der Waals surface area contributed by atoms with Gasteiger partial charge in [0.1, 0.15) is 11.5 Å². The molecule has 2 aromatic carbocycles. The zero-order chi connectivity index (χ0) is 23.3. The molecule has 32 heavy (non-hydrogen) atoms. The molecule has 0 bridgehead atoms. The third-order valence-corrected chi connectivity index (χ3v) is 5.82. The lowest BCUT2D eigenvalue weighted by molar-refractivity contribution is -0.130. The molecule has 0 N–H and O–H groups in total. The summed E-state index contributed by atoms with van der Waals surface area (Å²) in [5, 5.41) is 0.631. The lowest BCUT2D eigenvalue weighted by Crippen LogP contribution is -2.40. The summed E-state index contributed by atoms with van der Waals surface area (Å²) in [5.41, 5.74) is 1.81. The highest BCUT2D eigenvalue weighted by Crippen LogP contribution is 2.33. The summed E-state index contributed by atoms with van der Waals surface area (Å²) in [6.45, 7) is 4.57. The van der Waals surface area contributed by atoms with Gasteiger partial charge in [-0.15, -0.1) is 0 Å². The normalized spacial score (nSPS) is 12.8. The molecule has 0 atom stereocenters. The Kier molecular flexibility index (Phi) is 7.75. The highest BCUT2D eigenvalue weighted by molar-refractivity contribution is 6.31. The van der Waals surface area contributed by atoms with Crippen LogP contribution in [0.3, 0.4) is 0 Å². The molecular formula is C24H27ClN2O5. The van der Waals surface area contributed by atoms with Crippen molar-refractivity contribution in [1.29, 1.82) is 0 Å². The average Bonchev–Trinajstić information content (AvgIpc) is 2.79. The fourth-order valence-corrected chi connectivity index (χ4v) is 3.43. The number of nitrogens with zero attached hydrogens (tertiary/aromatic N) is 2. The van der Waals surface area contributed by atoms with Crippen molar-refractivity contribution in [2.24, 2.45) is 0 Å². The number of ketones is 1. The van der Waals surface area contributed by atoms with Crippen molar-refractivity contribution in [3.8, 4) is 11.5 Å². The van der Waals surface area contributed by atoms with E-state index in [-0.39, 0.29) is 30.8 Å². The van der Waals surface area contributed by atoms with Crippen molar-refractivity contribution in [3.05, 3.63) is 52.5 Å². The molecule has 2 aromatic rings. The van der Waals surface area contributed by atoms with Crippen LogP contribution in [-0.4, -0.2) is 55.8 Å². The number of aryl methyl sites for hydroxylation is 1. The Morgan fingerprint density at radius 1 is 1.22 bits per heavy atom. The number of Topliss-reactive ketones (excluding diaryl/α,β-unsaturated/α-hetero) is 1. The molecule has 7 nitrogen and oxygen atoms in total. The number of ether oxygens (including phenoxy) is 2. The predicted octanol–water partition coefficient (Wildman–Crippen LogP) is 3.89. The largest absolute Gasteiger partial charge is 0.485 e. The molecule has 0 saturated carbocycles. The minimum absolute atomic E-state index is 0.0342. The van der Waals surface area contributed by atoms with E-state index in [1.165, 1.54) is 0 Å². The number of rotatable bonds is 9. The first-order valence-electron chi connectivity index (χ1n) is 10.5. The topological polar surface area (TPSA) is 76.2 Å². The summed E-state index contributed by atoms with van der Waals surface area (Å²) in [7, 11) is 1.75. The van der Waals surface area contributed by atoms with Gasteiger partial charge in [0, 0.05) is 37.1 Å². The summed E-state index contributed by atoms with van der Waals surface area (Å²) < 4.78 is 11.1. The van der Waals surface area contributed by atoms with Gasteiger partial charge < -0.3 is 19.3 Å². The fourth-order valence-electron chi connectivity index (χ4n) is 3.32. The molecule has 1 heterocycles. The van der Waals surface area contributed by atoms with Crippen LogP contribution in [0.1, 0.15) is 35.7 Å². The SMILES string of the molecule is CCN(C)C(=O)CCCN1C(=O)COc2ccc(C(=O)COc3ccc(Cl)c(C)c3)cc21. The first-order chi connectivity index (χ1) is 15.3. The van der Waals surface area contributed by atoms with E-state index >= 15 is 0 Å². The van der Waals surface area contributed by atoms with Gasteiger partial charge in [-0.3, -0.25) is 14.4 Å². The van der Waals surface area contributed by atoms with Gasteiger partial charge in [-0.25, -0.2) is 0 Å². The number of amides is 2. The van der Waals surface area contributed by atoms with Crippen LogP contribution >= 0.6 is 11.6 Å². The number of hydrogen-bond donors (Lipinski definition) is 0. The summed E-state index contributed by atoms with van der Waals surface area (Å²) >= 11 is 6.02. The average molecular weight is 459 g/mol. The maximum absolute atomic E-state index is 12.7. The molecule has 0 saturated heterocycles. The molecule has 0 aliphatic carbocycles. The fraction of sp³-hybridized carbons (Fsp3) is 0.375. The smallest absolute Gasteiger partial charge is 0.265 e. The second-order valence-corrected chi connectivity index (χ2v) is 8.06. The monoisotopic (exact) mass is 458 g/mol. The zero-order valence-electron chi connectivity index (χ0n) is 18.5. The molecule has 0 spiro atoms. The minimum Gasteiger partial charge on any atom is -0.485 e. The molecule has 1 aliphatic rings. The zero-order valence-corrected chi connectivity index (χ0v) is 19.3. The number of fused-ring (bicyclic) bond motifs is 1. The van der Waals surface area contributed by atoms with Crippen molar-refractivity contribution >= 4 is 34.9 Å². The van der Waals surface area contributed by atoms with E-state index in [1.807, 2.05) is 13.8 Å². The summed E-state index contributed by atoms with van der Waals surface area (Å²) in [6.07, 6.45) is 0.864. The van der Waals surface area contributed by atoms with Gasteiger partial charge in [0.25, 0.3) is 5.91 Å². The minimum atomic E-state index is -0.224. The van der Waals surface area contributed by atoms with Crippen LogP contribution < -0.4 is 14.4 Å². The van der Waals surface area contributed by atoms with Crippen LogP contribution in [0.25, 0.3) is 0 Å². The van der Waals surface area contributed by atoms with Crippen LogP contribution in [-0.2, 0) is 9.59 Å². The van der Waals surface area contributed by atoms with Crippen LogP contribution in [0.2, 0.25) is 5.02 Å². The Bertz CT molecular complexity index is 1020. The Balaban J connectivity index is 1.68. The maximum Gasteiger partial charge on any atom is 0.265 e. The number of anilines is 1. The molecule has 0 aromatic heterocycles. The lowest BCUT2D eigenvalue weighted by Gasteiger charge is -2.30. The van der Waals surface area contributed by atoms with E-state index in [2.05, 4.69) is 0 Å². The molecular weight excluding hydrogens is 432 g/mol. The first-order valence-corrected chi connectivity index (χ1v) is 10.9. The Morgan fingerprint density at radius 3 is 2.72 bits per heavy atom. The van der Waals surface area contributed by atoms with E-state index < -0.39 is 0 Å². The molecule has 0 fully saturated rings. The molecule has 1 aliphatic heterocycles. The number of carbonyl (C=O) groups excluding carboxylic acids is 3. The molecule has 3 rings (SSSR count). The highest BCUT2D eigenvalue weighted by atomic mass is 35.5. The molecule has 8 heteroatoms. The van der Waals surface area contributed by atoms with E-state index in [4.69, 9.17) is 21.1 Å². The standard InChI is InChI=1S/C24H27ClN2O5/c1-4-26(3)23(29)6-5-11-27-20-13-17(7-10-22(20)32-15-24(27)30)21(28)14-31-18-8-9-19(25)16(2)12-18/h7-10,12-13H,4-6,11,14-15H2,1-3H3. The summed E-state index contributed by atoms with van der Waals surface area (Å²) in [6, 6.07) is 10.2. The van der Waals surface area contributed by atoms with Gasteiger partial charge in [0.05, 0.1) is 5.69 Å². The van der Waals surface area contributed by atoms with Crippen LogP contribution in [0.15, 0.2) is 36.4 Å². The van der Waals surface area contributed by atoms with Gasteiger partial charge in [0.15, 0.2) is 19.0 Å². The Hall–Kier alpha value is -3.06. The number of halogens is 1. The van der Waals surface area contributed by atoms with Gasteiger partial charge in [-0.1, -0.05) is 11.6 Å². The van der Waals surface area contributed by atoms with Crippen molar-refractivity contribution in [3.63, 3.8) is 0 Å². The number of carbonyl (C=O) groups is 3. The van der Waals surface area contributed by atoms with Crippen molar-refractivity contribution in [2.75, 3.05) is 38.3 Å². The summed E-state index contributed by atoms with van der Waals surface area (Å²) in [5.74, 6) is 0.698. The van der Waals surface area contributed by atoms with Gasteiger partial charge in [0.2, 0.25) is 5.91 Å². The molecule has 2 amide bonds. The van der Waals surface area contributed by atoms with E-state index in [9.17, 15) is 14.4 Å². The Labute approximate surface area is 192 Å². The third kappa shape index (κ3) is 5.59. The third-order valence-electron chi connectivity index (χ3n) is 5.40. The molecule has 0 radical (unpaired) electrons. The van der Waals surface area contributed by atoms with Crippen molar-refractivity contribution in [1.82, 2.24) is 4.90 Å². The Morgan fingerprint density at radius 2 is 2.00 bits per heavy atom. The maximum atomic E-state index is 12.7.